The SMILES string of the molecule is CCOC(=O)N1CCC(n2ccc3c(NC(=O)c4ccc(C(C)(C)C)cc4)cccc3c2=O)CC1. The maximum Gasteiger partial charge on any atom is 0.409 e. The molecule has 7 heteroatoms. The molecule has 2 aromatic carbocycles. The summed E-state index contributed by atoms with van der Waals surface area (Å²) in [5, 5.41) is 4.23. The molecule has 1 aromatic heterocycles. The van der Waals surface area contributed by atoms with Gasteiger partial charge in [0.2, 0.25) is 0 Å². The lowest BCUT2D eigenvalue weighted by molar-refractivity contribution is 0.0923. The van der Waals surface area contributed by atoms with Crippen molar-refractivity contribution in [2.75, 3.05) is 25.0 Å². The van der Waals surface area contributed by atoms with Crippen LogP contribution in [0.4, 0.5) is 10.5 Å². The minimum Gasteiger partial charge on any atom is -0.450 e. The summed E-state index contributed by atoms with van der Waals surface area (Å²) in [5.74, 6) is -0.214. The number of hydrogen-bond acceptors (Lipinski definition) is 4. The Bertz CT molecular complexity index is 1280. The normalized spacial score (nSPS) is 14.7. The van der Waals surface area contributed by atoms with Crippen molar-refractivity contribution >= 4 is 28.5 Å². The molecule has 0 spiro atoms. The van der Waals surface area contributed by atoms with Gasteiger partial charge in [-0.3, -0.25) is 9.59 Å². The third-order valence-corrected chi connectivity index (χ3v) is 6.62. The number of likely N-dealkylation sites (tertiary alicyclic amines) is 1. The smallest absolute Gasteiger partial charge is 0.409 e. The van der Waals surface area contributed by atoms with Crippen LogP contribution in [0.25, 0.3) is 10.8 Å². The van der Waals surface area contributed by atoms with Crippen LogP contribution in [0, 0.1) is 0 Å². The highest BCUT2D eigenvalue weighted by Gasteiger charge is 2.25. The van der Waals surface area contributed by atoms with E-state index in [1.807, 2.05) is 36.4 Å². The molecule has 0 atom stereocenters. The number of fused-ring (bicyclic) bond motifs is 1. The number of piperidine rings is 1. The summed E-state index contributed by atoms with van der Waals surface area (Å²) < 4.78 is 6.84. The number of amides is 2. The highest BCUT2D eigenvalue weighted by molar-refractivity contribution is 6.09. The van der Waals surface area contributed by atoms with Crippen LogP contribution in [-0.4, -0.2) is 41.2 Å². The number of carbonyl (C=O) groups excluding carboxylic acids is 2. The predicted octanol–water partition coefficient (Wildman–Crippen LogP) is 5.34. The Morgan fingerprint density at radius 2 is 1.69 bits per heavy atom. The van der Waals surface area contributed by atoms with Gasteiger partial charge < -0.3 is 19.5 Å². The minimum atomic E-state index is -0.301. The lowest BCUT2D eigenvalue weighted by Crippen LogP contribution is -2.41. The van der Waals surface area contributed by atoms with Gasteiger partial charge in [0, 0.05) is 47.4 Å². The van der Waals surface area contributed by atoms with Crippen LogP contribution in [0.1, 0.15) is 62.5 Å². The number of aromatic nitrogens is 1. The third-order valence-electron chi connectivity index (χ3n) is 6.62. The first-order chi connectivity index (χ1) is 16.7. The van der Waals surface area contributed by atoms with Crippen LogP contribution in [0.3, 0.4) is 0 Å². The Hall–Kier alpha value is -3.61. The van der Waals surface area contributed by atoms with Crippen LogP contribution in [0.5, 0.6) is 0 Å². The van der Waals surface area contributed by atoms with E-state index >= 15 is 0 Å². The summed E-state index contributed by atoms with van der Waals surface area (Å²) in [5.41, 5.74) is 2.25. The van der Waals surface area contributed by atoms with Gasteiger partial charge in [-0.2, -0.15) is 0 Å². The van der Waals surface area contributed by atoms with Gasteiger partial charge in [-0.1, -0.05) is 39.0 Å². The number of pyridine rings is 1. The highest BCUT2D eigenvalue weighted by Crippen LogP contribution is 2.26. The number of nitrogens with zero attached hydrogens (tertiary/aromatic N) is 2. The Labute approximate surface area is 205 Å². The van der Waals surface area contributed by atoms with E-state index in [9.17, 15) is 14.4 Å². The van der Waals surface area contributed by atoms with Crippen LogP contribution < -0.4 is 10.9 Å². The van der Waals surface area contributed by atoms with E-state index in [4.69, 9.17) is 4.74 Å². The molecule has 0 radical (unpaired) electrons. The van der Waals surface area contributed by atoms with Gasteiger partial charge in [-0.15, -0.1) is 0 Å². The first-order valence-electron chi connectivity index (χ1n) is 12.2. The molecule has 1 aliphatic rings. The summed E-state index contributed by atoms with van der Waals surface area (Å²) >= 11 is 0. The topological polar surface area (TPSA) is 80.6 Å². The maximum absolute atomic E-state index is 13.3. The van der Waals surface area contributed by atoms with Gasteiger partial charge >= 0.3 is 6.09 Å². The molecule has 0 bridgehead atoms. The Balaban J connectivity index is 1.53. The van der Waals surface area contributed by atoms with Crippen molar-refractivity contribution in [3.8, 4) is 0 Å². The second kappa shape index (κ2) is 9.94. The third kappa shape index (κ3) is 5.24. The molecule has 1 fully saturated rings. The van der Waals surface area contributed by atoms with E-state index in [1.165, 1.54) is 0 Å². The van der Waals surface area contributed by atoms with E-state index in [0.717, 1.165) is 5.56 Å². The summed E-state index contributed by atoms with van der Waals surface area (Å²) in [6, 6.07) is 14.9. The fraction of sp³-hybridized carbons (Fsp3) is 0.393. The van der Waals surface area contributed by atoms with Crippen molar-refractivity contribution < 1.29 is 14.3 Å². The second-order valence-corrected chi connectivity index (χ2v) is 9.99. The molecular formula is C28H33N3O4. The first kappa shape index (κ1) is 24.5. The molecule has 0 unspecified atom stereocenters. The van der Waals surface area contributed by atoms with Gasteiger partial charge in [-0.25, -0.2) is 4.79 Å². The van der Waals surface area contributed by atoms with Crippen molar-refractivity contribution in [1.29, 1.82) is 0 Å². The lowest BCUT2D eigenvalue weighted by Gasteiger charge is -2.32. The minimum absolute atomic E-state index is 0.0113. The molecule has 3 aromatic rings. The molecular weight excluding hydrogens is 442 g/mol. The molecule has 1 saturated heterocycles. The lowest BCUT2D eigenvalue weighted by atomic mass is 9.87. The van der Waals surface area contributed by atoms with Crippen molar-refractivity contribution in [1.82, 2.24) is 9.47 Å². The number of ether oxygens (including phenoxy) is 1. The Kier molecular flexibility index (Phi) is 6.96. The van der Waals surface area contributed by atoms with Crippen LogP contribution >= 0.6 is 0 Å². The number of nitrogens with one attached hydrogen (secondary N) is 1. The summed E-state index contributed by atoms with van der Waals surface area (Å²) in [4.78, 5) is 39.9. The summed E-state index contributed by atoms with van der Waals surface area (Å²) in [6.07, 6.45) is 2.87. The van der Waals surface area contributed by atoms with E-state index < -0.39 is 0 Å². The van der Waals surface area contributed by atoms with Crippen LogP contribution in [-0.2, 0) is 10.2 Å². The average Bonchev–Trinajstić information content (AvgIpc) is 2.84. The Morgan fingerprint density at radius 3 is 2.31 bits per heavy atom. The van der Waals surface area contributed by atoms with Crippen molar-refractivity contribution in [2.24, 2.45) is 0 Å². The largest absolute Gasteiger partial charge is 0.450 e. The number of hydrogen-bond donors (Lipinski definition) is 1. The predicted molar refractivity (Wildman–Crippen MR) is 138 cm³/mol. The molecule has 0 aliphatic carbocycles. The van der Waals surface area contributed by atoms with Gasteiger partial charge in [0.25, 0.3) is 11.5 Å². The standard InChI is InChI=1S/C28H33N3O4/c1-5-35-27(34)30-16-13-21(14-17-30)31-18-15-22-23(26(31)33)7-6-8-24(22)29-25(32)19-9-11-20(12-10-19)28(2,3)4/h6-12,15,18,21H,5,13-14,16-17H2,1-4H3,(H,29,32). The molecule has 2 amide bonds. The van der Waals surface area contributed by atoms with Gasteiger partial charge in [0.05, 0.1) is 6.61 Å². The summed E-state index contributed by atoms with van der Waals surface area (Å²) in [7, 11) is 0. The molecule has 4 rings (SSSR count). The van der Waals surface area contributed by atoms with E-state index in [1.54, 1.807) is 34.7 Å². The number of rotatable bonds is 4. The van der Waals surface area contributed by atoms with E-state index in [0.29, 0.717) is 54.6 Å². The van der Waals surface area contributed by atoms with E-state index in [2.05, 4.69) is 26.1 Å². The van der Waals surface area contributed by atoms with Crippen molar-refractivity contribution in [2.45, 2.75) is 52.0 Å². The quantitative estimate of drug-likeness (QED) is 0.552. The monoisotopic (exact) mass is 475 g/mol. The molecule has 35 heavy (non-hydrogen) atoms. The van der Waals surface area contributed by atoms with Crippen LogP contribution in [0.2, 0.25) is 0 Å². The second-order valence-electron chi connectivity index (χ2n) is 9.99. The average molecular weight is 476 g/mol. The number of benzene rings is 2. The fourth-order valence-corrected chi connectivity index (χ4v) is 4.55. The zero-order chi connectivity index (χ0) is 25.2. The van der Waals surface area contributed by atoms with E-state index in [-0.39, 0.29) is 29.0 Å². The van der Waals surface area contributed by atoms with Crippen LogP contribution in [0.15, 0.2) is 59.5 Å². The highest BCUT2D eigenvalue weighted by atomic mass is 16.6. The summed E-state index contributed by atoms with van der Waals surface area (Å²) in [6.45, 7) is 9.65. The molecule has 7 nitrogen and oxygen atoms in total. The molecule has 1 aliphatic heterocycles. The van der Waals surface area contributed by atoms with Crippen molar-refractivity contribution in [3.63, 3.8) is 0 Å². The zero-order valence-corrected chi connectivity index (χ0v) is 20.8. The fourth-order valence-electron chi connectivity index (χ4n) is 4.55. The number of anilines is 1. The molecule has 184 valence electrons. The number of carbonyl (C=O) groups is 2. The first-order valence-corrected chi connectivity index (χ1v) is 12.2. The van der Waals surface area contributed by atoms with Crippen molar-refractivity contribution in [3.05, 3.63) is 76.2 Å². The van der Waals surface area contributed by atoms with Gasteiger partial charge in [0.1, 0.15) is 0 Å². The zero-order valence-electron chi connectivity index (χ0n) is 20.8. The molecule has 2 heterocycles. The molecule has 1 N–H and O–H groups in total. The van der Waals surface area contributed by atoms with Gasteiger partial charge in [0.15, 0.2) is 0 Å². The van der Waals surface area contributed by atoms with Gasteiger partial charge in [-0.05, 0) is 61.1 Å². The maximum atomic E-state index is 13.3. The molecule has 0 saturated carbocycles. The Morgan fingerprint density at radius 1 is 1.00 bits per heavy atom.